The zero-order valence-electron chi connectivity index (χ0n) is 10.7. The SMILES string of the molecule is COCCn1nccc1C(NN)c1ccc(F)cc1. The molecule has 0 spiro atoms. The highest BCUT2D eigenvalue weighted by Crippen LogP contribution is 2.21. The lowest BCUT2D eigenvalue weighted by Crippen LogP contribution is -2.31. The maximum Gasteiger partial charge on any atom is 0.123 e. The Bertz CT molecular complexity index is 512. The summed E-state index contributed by atoms with van der Waals surface area (Å²) in [5.74, 6) is 5.34. The molecule has 1 atom stereocenters. The van der Waals surface area contributed by atoms with Gasteiger partial charge in [0.15, 0.2) is 0 Å². The van der Waals surface area contributed by atoms with Crippen LogP contribution in [0.5, 0.6) is 0 Å². The van der Waals surface area contributed by atoms with Crippen molar-refractivity contribution >= 4 is 0 Å². The zero-order valence-corrected chi connectivity index (χ0v) is 10.7. The van der Waals surface area contributed by atoms with Crippen LogP contribution in [-0.4, -0.2) is 23.5 Å². The maximum absolute atomic E-state index is 13.0. The number of nitrogens with one attached hydrogen (secondary N) is 1. The summed E-state index contributed by atoms with van der Waals surface area (Å²) in [5, 5.41) is 4.23. The average Bonchev–Trinajstić information content (AvgIpc) is 2.88. The first-order valence-electron chi connectivity index (χ1n) is 5.98. The quantitative estimate of drug-likeness (QED) is 0.608. The summed E-state index contributed by atoms with van der Waals surface area (Å²) in [6.07, 6.45) is 1.71. The first kappa shape index (κ1) is 13.7. The lowest BCUT2D eigenvalue weighted by Gasteiger charge is -2.18. The van der Waals surface area contributed by atoms with Gasteiger partial charge in [-0.1, -0.05) is 12.1 Å². The number of hydrogen-bond acceptors (Lipinski definition) is 4. The van der Waals surface area contributed by atoms with Gasteiger partial charge in [-0.3, -0.25) is 10.5 Å². The number of methoxy groups -OCH3 is 1. The van der Waals surface area contributed by atoms with Gasteiger partial charge in [-0.25, -0.2) is 9.82 Å². The molecule has 0 radical (unpaired) electrons. The number of hydrazine groups is 1. The van der Waals surface area contributed by atoms with E-state index in [4.69, 9.17) is 10.6 Å². The molecule has 0 bridgehead atoms. The standard InChI is InChI=1S/C13H17FN4O/c1-19-9-8-18-12(6-7-16-18)13(17-15)10-2-4-11(14)5-3-10/h2-7,13,17H,8-9,15H2,1H3. The fourth-order valence-electron chi connectivity index (χ4n) is 1.96. The van der Waals surface area contributed by atoms with Crippen molar-refractivity contribution < 1.29 is 9.13 Å². The van der Waals surface area contributed by atoms with Gasteiger partial charge in [0.1, 0.15) is 5.82 Å². The Balaban J connectivity index is 2.26. The Morgan fingerprint density at radius 2 is 2.11 bits per heavy atom. The molecule has 5 nitrogen and oxygen atoms in total. The largest absolute Gasteiger partial charge is 0.383 e. The normalized spacial score (nSPS) is 12.6. The molecule has 3 N–H and O–H groups in total. The van der Waals surface area contributed by atoms with Gasteiger partial charge < -0.3 is 4.74 Å². The van der Waals surface area contributed by atoms with Crippen molar-refractivity contribution in [1.29, 1.82) is 0 Å². The molecule has 2 aromatic rings. The molecule has 1 aromatic carbocycles. The van der Waals surface area contributed by atoms with E-state index in [0.717, 1.165) is 11.3 Å². The predicted molar refractivity (Wildman–Crippen MR) is 69.7 cm³/mol. The lowest BCUT2D eigenvalue weighted by molar-refractivity contribution is 0.182. The molecule has 1 unspecified atom stereocenters. The van der Waals surface area contributed by atoms with Crippen LogP contribution in [0.2, 0.25) is 0 Å². The highest BCUT2D eigenvalue weighted by Gasteiger charge is 2.16. The van der Waals surface area contributed by atoms with Crippen LogP contribution in [0.4, 0.5) is 4.39 Å². The highest BCUT2D eigenvalue weighted by molar-refractivity contribution is 5.27. The van der Waals surface area contributed by atoms with Gasteiger partial charge in [-0.2, -0.15) is 5.10 Å². The van der Waals surface area contributed by atoms with Crippen molar-refractivity contribution in [3.05, 3.63) is 53.6 Å². The molecular formula is C13H17FN4O. The fraction of sp³-hybridized carbons (Fsp3) is 0.308. The fourth-order valence-corrected chi connectivity index (χ4v) is 1.96. The Morgan fingerprint density at radius 3 is 2.74 bits per heavy atom. The van der Waals surface area contributed by atoms with E-state index in [-0.39, 0.29) is 11.9 Å². The van der Waals surface area contributed by atoms with Crippen molar-refractivity contribution in [2.24, 2.45) is 5.84 Å². The Morgan fingerprint density at radius 1 is 1.37 bits per heavy atom. The molecular weight excluding hydrogens is 247 g/mol. The number of ether oxygens (including phenoxy) is 1. The van der Waals surface area contributed by atoms with Crippen molar-refractivity contribution in [3.8, 4) is 0 Å². The molecule has 2 rings (SSSR count). The molecule has 0 saturated carbocycles. The highest BCUT2D eigenvalue weighted by atomic mass is 19.1. The van der Waals surface area contributed by atoms with Crippen molar-refractivity contribution in [3.63, 3.8) is 0 Å². The van der Waals surface area contributed by atoms with Crippen molar-refractivity contribution in [2.75, 3.05) is 13.7 Å². The second-order valence-electron chi connectivity index (χ2n) is 4.12. The third-order valence-corrected chi connectivity index (χ3v) is 2.92. The third-order valence-electron chi connectivity index (χ3n) is 2.92. The van der Waals surface area contributed by atoms with Gasteiger partial charge in [0.2, 0.25) is 0 Å². The van der Waals surface area contributed by atoms with Gasteiger partial charge in [-0.15, -0.1) is 0 Å². The predicted octanol–water partition coefficient (Wildman–Crippen LogP) is 1.22. The van der Waals surface area contributed by atoms with Gasteiger partial charge in [0, 0.05) is 13.3 Å². The van der Waals surface area contributed by atoms with E-state index in [1.54, 1.807) is 25.4 Å². The summed E-state index contributed by atoms with van der Waals surface area (Å²) >= 11 is 0. The van der Waals surface area contributed by atoms with Crippen LogP contribution < -0.4 is 11.3 Å². The zero-order chi connectivity index (χ0) is 13.7. The summed E-state index contributed by atoms with van der Waals surface area (Å²) < 4.78 is 19.8. The van der Waals surface area contributed by atoms with Crippen LogP contribution in [0.25, 0.3) is 0 Å². The topological polar surface area (TPSA) is 65.1 Å². The minimum Gasteiger partial charge on any atom is -0.383 e. The molecule has 1 heterocycles. The Hall–Kier alpha value is -1.76. The number of benzene rings is 1. The second kappa shape index (κ2) is 6.42. The number of rotatable bonds is 6. The molecule has 102 valence electrons. The van der Waals surface area contributed by atoms with Crippen LogP contribution in [0.3, 0.4) is 0 Å². The summed E-state index contributed by atoms with van der Waals surface area (Å²) in [5.41, 5.74) is 4.52. The summed E-state index contributed by atoms with van der Waals surface area (Å²) in [6.45, 7) is 1.20. The van der Waals surface area contributed by atoms with Crippen LogP contribution in [0.1, 0.15) is 17.3 Å². The minimum atomic E-state index is -0.271. The maximum atomic E-state index is 13.0. The van der Waals surface area contributed by atoms with E-state index in [1.807, 2.05) is 10.7 Å². The van der Waals surface area contributed by atoms with Crippen molar-refractivity contribution in [1.82, 2.24) is 15.2 Å². The smallest absolute Gasteiger partial charge is 0.123 e. The Kier molecular flexibility index (Phi) is 4.62. The van der Waals surface area contributed by atoms with Crippen LogP contribution in [0, 0.1) is 5.82 Å². The van der Waals surface area contributed by atoms with Gasteiger partial charge in [0.25, 0.3) is 0 Å². The summed E-state index contributed by atoms with van der Waals surface area (Å²) in [6, 6.07) is 7.87. The van der Waals surface area contributed by atoms with E-state index in [0.29, 0.717) is 13.2 Å². The number of halogens is 1. The van der Waals surface area contributed by atoms with E-state index in [1.165, 1.54) is 12.1 Å². The van der Waals surface area contributed by atoms with Crippen LogP contribution in [-0.2, 0) is 11.3 Å². The molecule has 0 amide bonds. The van der Waals surface area contributed by atoms with Gasteiger partial charge in [-0.05, 0) is 23.8 Å². The second-order valence-corrected chi connectivity index (χ2v) is 4.12. The molecule has 19 heavy (non-hydrogen) atoms. The van der Waals surface area contributed by atoms with Crippen LogP contribution >= 0.6 is 0 Å². The first-order valence-corrected chi connectivity index (χ1v) is 5.98. The van der Waals surface area contributed by atoms with Gasteiger partial charge in [0.05, 0.1) is 24.9 Å². The van der Waals surface area contributed by atoms with Gasteiger partial charge >= 0.3 is 0 Å². The molecule has 0 aliphatic carbocycles. The monoisotopic (exact) mass is 264 g/mol. The first-order chi connectivity index (χ1) is 9.26. The van der Waals surface area contributed by atoms with E-state index >= 15 is 0 Å². The number of aromatic nitrogens is 2. The van der Waals surface area contributed by atoms with Crippen molar-refractivity contribution in [2.45, 2.75) is 12.6 Å². The molecule has 0 saturated heterocycles. The summed E-state index contributed by atoms with van der Waals surface area (Å²) in [4.78, 5) is 0. The summed E-state index contributed by atoms with van der Waals surface area (Å²) in [7, 11) is 1.64. The van der Waals surface area contributed by atoms with E-state index in [2.05, 4.69) is 10.5 Å². The lowest BCUT2D eigenvalue weighted by atomic mass is 10.0. The number of nitrogens with two attached hydrogens (primary N) is 1. The number of nitrogens with zero attached hydrogens (tertiary/aromatic N) is 2. The van der Waals surface area contributed by atoms with E-state index in [9.17, 15) is 4.39 Å². The number of hydrogen-bond donors (Lipinski definition) is 2. The molecule has 1 aromatic heterocycles. The molecule has 0 aliphatic heterocycles. The minimum absolute atomic E-state index is 0.236. The Labute approximate surface area is 111 Å². The van der Waals surface area contributed by atoms with Crippen LogP contribution in [0.15, 0.2) is 36.5 Å². The third kappa shape index (κ3) is 3.17. The molecule has 6 heteroatoms. The van der Waals surface area contributed by atoms with E-state index < -0.39 is 0 Å². The average molecular weight is 264 g/mol. The molecule has 0 fully saturated rings. The molecule has 0 aliphatic rings.